The lowest BCUT2D eigenvalue weighted by atomic mass is 10.0. The quantitative estimate of drug-likeness (QED) is 0.0617. The number of imidazole rings is 2. The Morgan fingerprint density at radius 1 is 1.12 bits per heavy atom. The van der Waals surface area contributed by atoms with E-state index in [2.05, 4.69) is 44.3 Å². The zero-order valence-electron chi connectivity index (χ0n) is 21.3. The summed E-state index contributed by atoms with van der Waals surface area (Å²) in [7, 11) is 2.05. The van der Waals surface area contributed by atoms with Crippen molar-refractivity contribution in [3.05, 3.63) is 39.7 Å². The standard InChI is InChI=1S/C21H25FN9O10P/c22-11-7(9(3-37-42)38-19(11)30-5-26-12-14(30)24-4-25-16(12)32)2-36-21(34)40-10-1-8(41-35)18(39-10)31-6-27-13-15(31)28-20(23)29-17(13)33/h4-11,18-19,21,34-35H,1-3,42H2,(H,24,25,32)(H3,23,28,29,33)/t7-,8-,9-,10?,11+,18-,19-,21?/m1/s1. The molecule has 19 nitrogen and oxygen atoms in total. The highest BCUT2D eigenvalue weighted by atomic mass is 31.0. The Bertz CT molecular complexity index is 1680. The van der Waals surface area contributed by atoms with Crippen molar-refractivity contribution in [3.8, 4) is 0 Å². The van der Waals surface area contributed by atoms with Crippen LogP contribution in [0.4, 0.5) is 10.3 Å². The highest BCUT2D eigenvalue weighted by Gasteiger charge is 2.47. The summed E-state index contributed by atoms with van der Waals surface area (Å²) in [5.41, 5.74) is 4.76. The Balaban J connectivity index is 1.11. The lowest BCUT2D eigenvalue weighted by Gasteiger charge is -2.22. The van der Waals surface area contributed by atoms with Gasteiger partial charge in [-0.15, -0.1) is 0 Å². The van der Waals surface area contributed by atoms with Crippen LogP contribution in [0.25, 0.3) is 22.3 Å². The minimum atomic E-state index is -1.89. The molecule has 42 heavy (non-hydrogen) atoms. The van der Waals surface area contributed by atoms with Gasteiger partial charge in [0.25, 0.3) is 17.6 Å². The number of anilines is 1. The van der Waals surface area contributed by atoms with Crippen molar-refractivity contribution in [2.75, 3.05) is 18.9 Å². The van der Waals surface area contributed by atoms with Crippen LogP contribution in [0.1, 0.15) is 18.9 Å². The fraction of sp³-hybridized carbons (Fsp3) is 0.524. The van der Waals surface area contributed by atoms with E-state index in [9.17, 15) is 20.0 Å². The molecular formula is C21H25FN9O10P. The van der Waals surface area contributed by atoms with Crippen LogP contribution in [0.15, 0.2) is 28.6 Å². The molecule has 6 heterocycles. The fourth-order valence-electron chi connectivity index (χ4n) is 5.02. The topological polar surface area (TPSA) is 249 Å². The second-order valence-electron chi connectivity index (χ2n) is 9.45. The number of aliphatic hydroxyl groups is 1. The van der Waals surface area contributed by atoms with E-state index in [4.69, 9.17) is 29.2 Å². The van der Waals surface area contributed by atoms with Crippen LogP contribution in [0.3, 0.4) is 0 Å². The molecule has 21 heteroatoms. The van der Waals surface area contributed by atoms with E-state index in [0.29, 0.717) is 0 Å². The van der Waals surface area contributed by atoms with E-state index in [0.717, 1.165) is 0 Å². The monoisotopic (exact) mass is 613 g/mol. The Kier molecular flexibility index (Phi) is 7.96. The van der Waals surface area contributed by atoms with Gasteiger partial charge in [0, 0.05) is 21.8 Å². The van der Waals surface area contributed by atoms with Gasteiger partial charge < -0.3 is 39.3 Å². The van der Waals surface area contributed by atoms with Crippen LogP contribution in [-0.4, -0.2) is 93.8 Å². The molecule has 2 aliphatic heterocycles. The number of H-pyrrole nitrogens is 2. The molecule has 6 N–H and O–H groups in total. The number of nitrogens with one attached hydrogen (secondary N) is 2. The van der Waals surface area contributed by atoms with Crippen molar-refractivity contribution in [1.29, 1.82) is 0 Å². The van der Waals surface area contributed by atoms with Crippen LogP contribution >= 0.6 is 9.47 Å². The van der Waals surface area contributed by atoms with Crippen LogP contribution in [0.2, 0.25) is 0 Å². The second-order valence-corrected chi connectivity index (χ2v) is 9.78. The van der Waals surface area contributed by atoms with Gasteiger partial charge in [0.1, 0.15) is 6.10 Å². The molecule has 0 spiro atoms. The molecule has 2 fully saturated rings. The summed E-state index contributed by atoms with van der Waals surface area (Å²) < 4.78 is 45.8. The van der Waals surface area contributed by atoms with Crippen LogP contribution in [-0.2, 0) is 28.4 Å². The molecule has 4 aromatic heterocycles. The van der Waals surface area contributed by atoms with Gasteiger partial charge in [-0.05, 0) is 0 Å². The van der Waals surface area contributed by atoms with Gasteiger partial charge in [-0.25, -0.2) is 24.2 Å². The highest BCUT2D eigenvalue weighted by molar-refractivity contribution is 7.09. The smallest absolute Gasteiger partial charge is 0.280 e. The molecule has 6 rings (SSSR count). The third kappa shape index (κ3) is 5.16. The van der Waals surface area contributed by atoms with Crippen molar-refractivity contribution < 1.29 is 43.1 Å². The molecule has 4 aromatic rings. The third-order valence-corrected chi connectivity index (χ3v) is 7.16. The Hall–Kier alpha value is -3.46. The van der Waals surface area contributed by atoms with Crippen LogP contribution < -0.4 is 16.9 Å². The van der Waals surface area contributed by atoms with Crippen molar-refractivity contribution >= 4 is 37.7 Å². The summed E-state index contributed by atoms with van der Waals surface area (Å²) in [6.07, 6.45) is -3.36. The molecule has 0 radical (unpaired) electrons. The maximum atomic E-state index is 15.7. The van der Waals surface area contributed by atoms with Gasteiger partial charge in [-0.1, -0.05) is 0 Å². The molecule has 0 amide bonds. The number of halogens is 1. The number of aliphatic hydroxyl groups excluding tert-OH is 1. The van der Waals surface area contributed by atoms with E-state index in [1.807, 2.05) is 0 Å². The predicted molar refractivity (Wildman–Crippen MR) is 138 cm³/mol. The molecule has 2 saturated heterocycles. The Morgan fingerprint density at radius 3 is 2.60 bits per heavy atom. The molecule has 2 aliphatic rings. The minimum absolute atomic E-state index is 0.0189. The number of hydrogen-bond donors (Lipinski definition) is 5. The average molecular weight is 613 g/mol. The number of alkyl halides is 1. The molecular weight excluding hydrogens is 588 g/mol. The number of hydrogen-bond acceptors (Lipinski definition) is 15. The number of fused-ring (bicyclic) bond motifs is 2. The van der Waals surface area contributed by atoms with Gasteiger partial charge in [-0.3, -0.25) is 29.0 Å². The molecule has 0 aliphatic carbocycles. The second kappa shape index (κ2) is 11.7. The molecule has 0 aromatic carbocycles. The summed E-state index contributed by atoms with van der Waals surface area (Å²) in [6, 6.07) is 0. The minimum Gasteiger partial charge on any atom is -0.369 e. The fourth-order valence-corrected chi connectivity index (χ4v) is 5.21. The van der Waals surface area contributed by atoms with Gasteiger partial charge in [-0.2, -0.15) is 4.98 Å². The van der Waals surface area contributed by atoms with E-state index in [1.165, 1.54) is 28.1 Å². The van der Waals surface area contributed by atoms with Gasteiger partial charge in [0.15, 0.2) is 47.2 Å². The number of aromatic amines is 2. The van der Waals surface area contributed by atoms with E-state index < -0.39 is 60.6 Å². The average Bonchev–Trinajstić information content (AvgIpc) is 3.73. The number of nitrogens with two attached hydrogens (primary N) is 1. The lowest BCUT2D eigenvalue weighted by Crippen LogP contribution is -2.33. The maximum Gasteiger partial charge on any atom is 0.280 e. The van der Waals surface area contributed by atoms with Gasteiger partial charge in [0.2, 0.25) is 5.95 Å². The Morgan fingerprint density at radius 2 is 1.86 bits per heavy atom. The third-order valence-electron chi connectivity index (χ3n) is 6.97. The molecule has 3 unspecified atom stereocenters. The first-order chi connectivity index (χ1) is 20.3. The summed E-state index contributed by atoms with van der Waals surface area (Å²) in [5.74, 6) is -1.10. The number of aromatic nitrogens is 8. The number of nitrogens with zero attached hydrogens (tertiary/aromatic N) is 6. The maximum absolute atomic E-state index is 15.7. The van der Waals surface area contributed by atoms with E-state index in [1.54, 1.807) is 0 Å². The Labute approximate surface area is 234 Å². The first-order valence-corrected chi connectivity index (χ1v) is 12.9. The van der Waals surface area contributed by atoms with Gasteiger partial charge in [0.05, 0.1) is 38.3 Å². The number of ether oxygens (including phenoxy) is 4. The van der Waals surface area contributed by atoms with Crippen LogP contribution in [0.5, 0.6) is 0 Å². The summed E-state index contributed by atoms with van der Waals surface area (Å²) in [4.78, 5) is 49.4. The van der Waals surface area contributed by atoms with Crippen molar-refractivity contribution in [2.45, 2.75) is 50.0 Å². The zero-order chi connectivity index (χ0) is 29.5. The van der Waals surface area contributed by atoms with Crippen molar-refractivity contribution in [1.82, 2.24) is 39.0 Å². The molecule has 226 valence electrons. The zero-order valence-corrected chi connectivity index (χ0v) is 22.5. The predicted octanol–water partition coefficient (Wildman–Crippen LogP) is -1.09. The van der Waals surface area contributed by atoms with Gasteiger partial charge >= 0.3 is 0 Å². The first-order valence-electron chi connectivity index (χ1n) is 12.4. The number of rotatable bonds is 10. The SMILES string of the molecule is Nc1nc2c(ncn2[C@@H]2OC(OC(O)OC[C@H]3[C@H](F)[C@H](n4cnc5c(=O)[nH]cnc54)O[C@@H]3COP)C[C@H]2OO)c(=O)[nH]1. The summed E-state index contributed by atoms with van der Waals surface area (Å²) in [6.45, 7) is -2.29. The van der Waals surface area contributed by atoms with Crippen molar-refractivity contribution in [2.24, 2.45) is 5.92 Å². The van der Waals surface area contributed by atoms with Crippen LogP contribution in [0, 0.1) is 5.92 Å². The van der Waals surface area contributed by atoms with E-state index >= 15 is 4.39 Å². The molecule has 0 bridgehead atoms. The molecule has 9 atom stereocenters. The first kappa shape index (κ1) is 28.6. The summed E-state index contributed by atoms with van der Waals surface area (Å²) >= 11 is 0. The normalized spacial score (nSPS) is 28.7. The van der Waals surface area contributed by atoms with E-state index in [-0.39, 0.29) is 47.9 Å². The summed E-state index contributed by atoms with van der Waals surface area (Å²) in [5, 5.41) is 19.9. The lowest BCUT2D eigenvalue weighted by molar-refractivity contribution is -0.327. The largest absolute Gasteiger partial charge is 0.369 e. The highest BCUT2D eigenvalue weighted by Crippen LogP contribution is 2.38. The number of nitrogen functional groups attached to an aromatic ring is 1. The molecule has 0 saturated carbocycles. The van der Waals surface area contributed by atoms with Crippen molar-refractivity contribution in [3.63, 3.8) is 0 Å².